The second kappa shape index (κ2) is 18.4. The normalized spacial score (nSPS) is 11.1. The van der Waals surface area contributed by atoms with E-state index in [9.17, 15) is 0 Å². The molecule has 8 heteroatoms. The zero-order valence-electron chi connectivity index (χ0n) is 37.4. The molecule has 0 amide bonds. The highest BCUT2D eigenvalue weighted by Gasteiger charge is 2.16. The first-order valence-electron chi connectivity index (χ1n) is 22.5. The molecule has 8 nitrogen and oxygen atoms in total. The molecule has 0 saturated carbocycles. The lowest BCUT2D eigenvalue weighted by Gasteiger charge is -2.14. The summed E-state index contributed by atoms with van der Waals surface area (Å²) >= 11 is 0. The Morgan fingerprint density at radius 2 is 0.662 bits per heavy atom. The average molecular weight is 875 g/mol. The van der Waals surface area contributed by atoms with Gasteiger partial charge in [-0.05, 0) is 89.7 Å². The Kier molecular flexibility index (Phi) is 11.2. The highest BCUT2D eigenvalue weighted by molar-refractivity contribution is 5.83. The standard InChI is InChI=1S/C60H42N8/c1-39-32-54(63-40(2)62-39)53-35-51(42-25-29-47(30-26-42)59-67-57(45-16-8-4-9-17-45)66-58(68-59)46-18-10-5-11-19-46)34-52(36-53)48-20-12-21-49(33-48)60-64-55(43-14-6-3-7-15-43)37-56(65-60)44-27-23-41(24-28-44)50-22-13-31-61-38-50/h3-38H,1-2H3. The largest absolute Gasteiger partial charge is 0.264 e. The van der Waals surface area contributed by atoms with Crippen LogP contribution in [-0.4, -0.2) is 39.9 Å². The highest BCUT2D eigenvalue weighted by atomic mass is 15.0. The first-order valence-corrected chi connectivity index (χ1v) is 22.5. The summed E-state index contributed by atoms with van der Waals surface area (Å²) < 4.78 is 0. The molecule has 7 aromatic carbocycles. The van der Waals surface area contributed by atoms with E-state index < -0.39 is 0 Å². The molecule has 0 radical (unpaired) electrons. The summed E-state index contributed by atoms with van der Waals surface area (Å²) in [6.07, 6.45) is 3.67. The van der Waals surface area contributed by atoms with Crippen molar-refractivity contribution in [3.05, 3.63) is 230 Å². The van der Waals surface area contributed by atoms with Gasteiger partial charge in [0.25, 0.3) is 0 Å². The van der Waals surface area contributed by atoms with Gasteiger partial charge in [0.15, 0.2) is 23.3 Å². The fourth-order valence-corrected chi connectivity index (χ4v) is 8.41. The van der Waals surface area contributed by atoms with Gasteiger partial charge in [-0.3, -0.25) is 4.98 Å². The Bertz CT molecular complexity index is 3470. The third kappa shape index (κ3) is 8.94. The van der Waals surface area contributed by atoms with Crippen molar-refractivity contribution < 1.29 is 0 Å². The predicted molar refractivity (Wildman–Crippen MR) is 273 cm³/mol. The maximum absolute atomic E-state index is 5.21. The molecule has 0 spiro atoms. The van der Waals surface area contributed by atoms with E-state index in [1.54, 1.807) is 6.20 Å². The number of benzene rings is 7. The molecule has 0 N–H and O–H groups in total. The lowest BCUT2D eigenvalue weighted by atomic mass is 9.93. The molecule has 0 bridgehead atoms. The van der Waals surface area contributed by atoms with E-state index in [1.807, 2.05) is 111 Å². The van der Waals surface area contributed by atoms with E-state index in [2.05, 4.69) is 125 Å². The van der Waals surface area contributed by atoms with Gasteiger partial charge >= 0.3 is 0 Å². The van der Waals surface area contributed by atoms with Gasteiger partial charge in [0.1, 0.15) is 5.82 Å². The molecule has 4 aromatic heterocycles. The third-order valence-electron chi connectivity index (χ3n) is 11.8. The Morgan fingerprint density at radius 3 is 1.24 bits per heavy atom. The average Bonchev–Trinajstić information content (AvgIpc) is 3.41. The van der Waals surface area contributed by atoms with Gasteiger partial charge in [0.2, 0.25) is 0 Å². The minimum atomic E-state index is 0.603. The monoisotopic (exact) mass is 874 g/mol. The summed E-state index contributed by atoms with van der Waals surface area (Å²) in [5.41, 5.74) is 16.4. The van der Waals surface area contributed by atoms with Crippen LogP contribution in [0.2, 0.25) is 0 Å². The topological polar surface area (TPSA) is 103 Å². The van der Waals surface area contributed by atoms with Crippen LogP contribution in [0.15, 0.2) is 219 Å². The first kappa shape index (κ1) is 41.6. The van der Waals surface area contributed by atoms with Crippen molar-refractivity contribution in [1.82, 2.24) is 39.9 Å². The van der Waals surface area contributed by atoms with Crippen LogP contribution in [-0.2, 0) is 0 Å². The van der Waals surface area contributed by atoms with Crippen LogP contribution in [0.3, 0.4) is 0 Å². The predicted octanol–water partition coefficient (Wildman–Crippen LogP) is 14.1. The molecule has 11 aromatic rings. The van der Waals surface area contributed by atoms with Crippen LogP contribution < -0.4 is 0 Å². The maximum Gasteiger partial charge on any atom is 0.164 e. The minimum Gasteiger partial charge on any atom is -0.264 e. The smallest absolute Gasteiger partial charge is 0.164 e. The lowest BCUT2D eigenvalue weighted by molar-refractivity contribution is 1.02. The zero-order chi connectivity index (χ0) is 45.8. The van der Waals surface area contributed by atoms with E-state index in [0.29, 0.717) is 23.3 Å². The molecule has 0 aliphatic rings. The molecular weight excluding hydrogens is 833 g/mol. The van der Waals surface area contributed by atoms with Gasteiger partial charge in [-0.1, -0.05) is 164 Å². The molecule has 0 fully saturated rings. The SMILES string of the molecule is Cc1cc(-c2cc(-c3ccc(-c4nc(-c5ccccc5)nc(-c5ccccc5)n4)cc3)cc(-c3cccc(-c4nc(-c5ccccc5)cc(-c5ccc(-c6cccnc6)cc5)n4)c3)c2)nc(C)n1. The Labute approximate surface area is 394 Å². The molecule has 0 saturated heterocycles. The molecular formula is C60H42N8. The molecule has 4 heterocycles. The number of nitrogens with zero attached hydrogens (tertiary/aromatic N) is 8. The Hall–Kier alpha value is -9.14. The number of hydrogen-bond acceptors (Lipinski definition) is 8. The van der Waals surface area contributed by atoms with Gasteiger partial charge in [-0.2, -0.15) is 0 Å². The van der Waals surface area contributed by atoms with Crippen molar-refractivity contribution in [2.24, 2.45) is 0 Å². The second-order valence-electron chi connectivity index (χ2n) is 16.6. The van der Waals surface area contributed by atoms with Crippen molar-refractivity contribution in [1.29, 1.82) is 0 Å². The summed E-state index contributed by atoms with van der Waals surface area (Å²) in [7, 11) is 0. The van der Waals surface area contributed by atoms with E-state index >= 15 is 0 Å². The van der Waals surface area contributed by atoms with Crippen LogP contribution >= 0.6 is 0 Å². The number of aryl methyl sites for hydroxylation is 2. The third-order valence-corrected chi connectivity index (χ3v) is 11.8. The van der Waals surface area contributed by atoms with Gasteiger partial charge in [-0.25, -0.2) is 34.9 Å². The summed E-state index contributed by atoms with van der Waals surface area (Å²) in [6.45, 7) is 3.94. The lowest BCUT2D eigenvalue weighted by Crippen LogP contribution is -2.00. The van der Waals surface area contributed by atoms with Crippen molar-refractivity contribution in [3.63, 3.8) is 0 Å². The molecule has 0 unspecified atom stereocenters. The molecule has 11 rings (SSSR count). The molecule has 0 aliphatic carbocycles. The second-order valence-corrected chi connectivity index (χ2v) is 16.6. The Morgan fingerprint density at radius 1 is 0.250 bits per heavy atom. The number of rotatable bonds is 10. The molecule has 0 atom stereocenters. The summed E-state index contributed by atoms with van der Waals surface area (Å²) in [4.78, 5) is 39.0. The van der Waals surface area contributed by atoms with E-state index in [4.69, 9.17) is 29.9 Å². The van der Waals surface area contributed by atoms with Gasteiger partial charge in [0, 0.05) is 57.0 Å². The van der Waals surface area contributed by atoms with Gasteiger partial charge in [-0.15, -0.1) is 0 Å². The summed E-state index contributed by atoms with van der Waals surface area (Å²) in [5, 5.41) is 0. The fraction of sp³-hybridized carbons (Fsp3) is 0.0333. The quantitative estimate of drug-likeness (QED) is 0.134. The highest BCUT2D eigenvalue weighted by Crippen LogP contribution is 2.36. The van der Waals surface area contributed by atoms with Crippen LogP contribution in [0.5, 0.6) is 0 Å². The number of aromatic nitrogens is 8. The van der Waals surface area contributed by atoms with Crippen molar-refractivity contribution in [2.75, 3.05) is 0 Å². The van der Waals surface area contributed by atoms with Crippen molar-refractivity contribution in [3.8, 4) is 113 Å². The summed E-state index contributed by atoms with van der Waals surface area (Å²) in [6, 6.07) is 70.5. The van der Waals surface area contributed by atoms with E-state index in [-0.39, 0.29) is 0 Å². The Balaban J connectivity index is 0.991. The zero-order valence-corrected chi connectivity index (χ0v) is 37.4. The van der Waals surface area contributed by atoms with E-state index in [0.717, 1.165) is 101 Å². The molecule has 322 valence electrons. The molecule has 68 heavy (non-hydrogen) atoms. The van der Waals surface area contributed by atoms with Gasteiger partial charge in [0.05, 0.1) is 17.1 Å². The maximum atomic E-state index is 5.21. The fourth-order valence-electron chi connectivity index (χ4n) is 8.41. The number of hydrogen-bond donors (Lipinski definition) is 0. The van der Waals surface area contributed by atoms with Crippen LogP contribution in [0.4, 0.5) is 0 Å². The van der Waals surface area contributed by atoms with Crippen molar-refractivity contribution in [2.45, 2.75) is 13.8 Å². The number of pyridine rings is 1. The molecule has 0 aliphatic heterocycles. The van der Waals surface area contributed by atoms with Crippen LogP contribution in [0.1, 0.15) is 11.5 Å². The van der Waals surface area contributed by atoms with E-state index in [1.165, 1.54) is 0 Å². The van der Waals surface area contributed by atoms with Crippen LogP contribution in [0, 0.1) is 13.8 Å². The van der Waals surface area contributed by atoms with Crippen molar-refractivity contribution >= 4 is 0 Å². The minimum absolute atomic E-state index is 0.603. The van der Waals surface area contributed by atoms with Gasteiger partial charge < -0.3 is 0 Å². The summed E-state index contributed by atoms with van der Waals surface area (Å²) in [5.74, 6) is 3.21. The first-order chi connectivity index (χ1) is 33.5. The van der Waals surface area contributed by atoms with Crippen LogP contribution in [0.25, 0.3) is 113 Å².